The summed E-state index contributed by atoms with van der Waals surface area (Å²) < 4.78 is 24.7. The maximum atomic E-state index is 13.4. The van der Waals surface area contributed by atoms with Gasteiger partial charge in [0.15, 0.2) is 0 Å². The number of carbonyl (C=O) groups excluding carboxylic acids is 1. The van der Waals surface area contributed by atoms with Crippen LogP contribution in [-0.4, -0.2) is 53.9 Å². The zero-order valence-electron chi connectivity index (χ0n) is 19.6. The van der Waals surface area contributed by atoms with Gasteiger partial charge in [0.1, 0.15) is 18.2 Å². The average molecular weight is 466 g/mol. The number of rotatable bonds is 11. The largest absolute Gasteiger partial charge is 0.491 e. The van der Waals surface area contributed by atoms with Gasteiger partial charge in [0.2, 0.25) is 0 Å². The van der Waals surface area contributed by atoms with Crippen LogP contribution in [0.1, 0.15) is 48.2 Å². The molecular weight excluding hydrogens is 433 g/mol. The van der Waals surface area contributed by atoms with Crippen LogP contribution in [0.4, 0.5) is 4.39 Å². The summed E-state index contributed by atoms with van der Waals surface area (Å²) in [6.07, 6.45) is 6.10. The molecule has 1 amide bonds. The van der Waals surface area contributed by atoms with Crippen LogP contribution in [0.2, 0.25) is 0 Å². The fourth-order valence-corrected chi connectivity index (χ4v) is 4.11. The first-order valence-electron chi connectivity index (χ1n) is 12.0. The van der Waals surface area contributed by atoms with E-state index in [1.807, 2.05) is 43.4 Å². The Morgan fingerprint density at radius 2 is 2.03 bits per heavy atom. The molecule has 1 saturated heterocycles. The standard InChI is InChI=1S/C27H32FN3O3/c1-31(27(32)20-11-13-24(14-12-20)34-19-25-10-6-16-33-25)15-4-2-3-9-23-18-26(30-29-23)21-7-5-8-22(28)17-21/h5,7-8,11-14,17-18,25H,2-4,6,9-10,15-16,19H2,1H3,(H,29,30). The van der Waals surface area contributed by atoms with E-state index < -0.39 is 0 Å². The quantitative estimate of drug-likeness (QED) is 0.392. The Morgan fingerprint density at radius 1 is 1.18 bits per heavy atom. The lowest BCUT2D eigenvalue weighted by atomic mass is 10.1. The minimum absolute atomic E-state index is 0.0129. The van der Waals surface area contributed by atoms with Crippen LogP contribution in [0.25, 0.3) is 11.3 Å². The SMILES string of the molecule is CN(CCCCCc1cc(-c2cccc(F)c2)n[nH]1)C(=O)c1ccc(OCC2CCCO2)cc1. The molecule has 1 aliphatic heterocycles. The van der Waals surface area contributed by atoms with E-state index in [4.69, 9.17) is 9.47 Å². The molecule has 180 valence electrons. The van der Waals surface area contributed by atoms with Gasteiger partial charge >= 0.3 is 0 Å². The smallest absolute Gasteiger partial charge is 0.253 e. The molecule has 1 N–H and O–H groups in total. The molecule has 4 rings (SSSR count). The fraction of sp³-hybridized carbons (Fsp3) is 0.407. The molecular formula is C27H32FN3O3. The maximum absolute atomic E-state index is 13.4. The van der Waals surface area contributed by atoms with Crippen molar-refractivity contribution in [3.63, 3.8) is 0 Å². The molecule has 2 aromatic carbocycles. The summed E-state index contributed by atoms with van der Waals surface area (Å²) >= 11 is 0. The second kappa shape index (κ2) is 11.8. The van der Waals surface area contributed by atoms with Gasteiger partial charge in [-0.05, 0) is 74.6 Å². The summed E-state index contributed by atoms with van der Waals surface area (Å²) in [6, 6.07) is 15.7. The number of aryl methyl sites for hydroxylation is 1. The van der Waals surface area contributed by atoms with Crippen LogP contribution in [0.3, 0.4) is 0 Å². The number of amides is 1. The fourth-order valence-electron chi connectivity index (χ4n) is 4.11. The molecule has 7 heteroatoms. The van der Waals surface area contributed by atoms with E-state index in [0.717, 1.165) is 67.8 Å². The lowest BCUT2D eigenvalue weighted by Gasteiger charge is -2.17. The van der Waals surface area contributed by atoms with Gasteiger partial charge in [0.05, 0.1) is 11.8 Å². The highest BCUT2D eigenvalue weighted by Crippen LogP contribution is 2.20. The number of H-pyrrole nitrogens is 1. The van der Waals surface area contributed by atoms with Gasteiger partial charge in [0.25, 0.3) is 5.91 Å². The molecule has 1 fully saturated rings. The minimum atomic E-state index is -0.264. The molecule has 3 aromatic rings. The summed E-state index contributed by atoms with van der Waals surface area (Å²) in [5, 5.41) is 7.33. The zero-order valence-corrected chi connectivity index (χ0v) is 19.6. The topological polar surface area (TPSA) is 67.5 Å². The molecule has 1 aliphatic rings. The molecule has 0 saturated carbocycles. The lowest BCUT2D eigenvalue weighted by Crippen LogP contribution is -2.27. The second-order valence-corrected chi connectivity index (χ2v) is 8.80. The van der Waals surface area contributed by atoms with Gasteiger partial charge in [0, 0.05) is 37.0 Å². The van der Waals surface area contributed by atoms with Crippen LogP contribution in [-0.2, 0) is 11.2 Å². The average Bonchev–Trinajstić information content (AvgIpc) is 3.55. The third-order valence-electron chi connectivity index (χ3n) is 6.10. The number of aromatic amines is 1. The number of benzene rings is 2. The van der Waals surface area contributed by atoms with E-state index >= 15 is 0 Å². The number of nitrogens with zero attached hydrogens (tertiary/aromatic N) is 2. The highest BCUT2D eigenvalue weighted by molar-refractivity contribution is 5.94. The number of hydrogen-bond acceptors (Lipinski definition) is 4. The van der Waals surface area contributed by atoms with E-state index in [0.29, 0.717) is 18.7 Å². The molecule has 1 atom stereocenters. The Balaban J connectivity index is 1.15. The summed E-state index contributed by atoms with van der Waals surface area (Å²) in [4.78, 5) is 14.5. The Hall–Kier alpha value is -3.19. The Labute approximate surface area is 200 Å². The maximum Gasteiger partial charge on any atom is 0.253 e. The normalized spacial score (nSPS) is 15.4. The van der Waals surface area contributed by atoms with Crippen molar-refractivity contribution in [1.82, 2.24) is 15.1 Å². The number of carbonyl (C=O) groups is 1. The van der Waals surface area contributed by atoms with E-state index in [-0.39, 0.29) is 17.8 Å². The Bertz CT molecular complexity index is 1060. The molecule has 0 radical (unpaired) electrons. The number of aromatic nitrogens is 2. The van der Waals surface area contributed by atoms with Crippen LogP contribution in [0, 0.1) is 5.82 Å². The predicted octanol–water partition coefficient (Wildman–Crippen LogP) is 5.26. The molecule has 1 aromatic heterocycles. The van der Waals surface area contributed by atoms with Crippen molar-refractivity contribution in [1.29, 1.82) is 0 Å². The number of unbranched alkanes of at least 4 members (excludes halogenated alkanes) is 2. The molecule has 2 heterocycles. The highest BCUT2D eigenvalue weighted by Gasteiger charge is 2.16. The predicted molar refractivity (Wildman–Crippen MR) is 129 cm³/mol. The minimum Gasteiger partial charge on any atom is -0.491 e. The summed E-state index contributed by atoms with van der Waals surface area (Å²) in [5.41, 5.74) is 3.22. The van der Waals surface area contributed by atoms with Gasteiger partial charge in [-0.25, -0.2) is 4.39 Å². The molecule has 0 bridgehead atoms. The first-order chi connectivity index (χ1) is 16.6. The summed E-state index contributed by atoms with van der Waals surface area (Å²) in [7, 11) is 1.84. The first-order valence-corrected chi connectivity index (χ1v) is 12.0. The van der Waals surface area contributed by atoms with Gasteiger partial charge in [-0.2, -0.15) is 5.10 Å². The molecule has 1 unspecified atom stereocenters. The van der Waals surface area contributed by atoms with Crippen molar-refractivity contribution < 1.29 is 18.7 Å². The van der Waals surface area contributed by atoms with Crippen molar-refractivity contribution in [2.24, 2.45) is 0 Å². The molecule has 34 heavy (non-hydrogen) atoms. The van der Waals surface area contributed by atoms with Gasteiger partial charge in [-0.1, -0.05) is 18.6 Å². The Kier molecular flexibility index (Phi) is 8.31. The van der Waals surface area contributed by atoms with E-state index in [2.05, 4.69) is 10.2 Å². The lowest BCUT2D eigenvalue weighted by molar-refractivity contribution is 0.0679. The van der Waals surface area contributed by atoms with Crippen LogP contribution < -0.4 is 4.74 Å². The number of nitrogens with one attached hydrogen (secondary N) is 1. The highest BCUT2D eigenvalue weighted by atomic mass is 19.1. The third kappa shape index (κ3) is 6.67. The second-order valence-electron chi connectivity index (χ2n) is 8.80. The summed E-state index contributed by atoms with van der Waals surface area (Å²) in [6.45, 7) is 2.07. The van der Waals surface area contributed by atoms with Crippen LogP contribution >= 0.6 is 0 Å². The van der Waals surface area contributed by atoms with Gasteiger partial charge < -0.3 is 14.4 Å². The first kappa shape index (κ1) is 24.0. The van der Waals surface area contributed by atoms with E-state index in [9.17, 15) is 9.18 Å². The monoisotopic (exact) mass is 465 g/mol. The number of halogens is 1. The number of ether oxygens (including phenoxy) is 2. The van der Waals surface area contributed by atoms with Crippen LogP contribution in [0.5, 0.6) is 5.75 Å². The van der Waals surface area contributed by atoms with Crippen molar-refractivity contribution in [3.05, 3.63) is 71.7 Å². The zero-order chi connectivity index (χ0) is 23.8. The van der Waals surface area contributed by atoms with Crippen molar-refractivity contribution in [3.8, 4) is 17.0 Å². The van der Waals surface area contributed by atoms with Gasteiger partial charge in [-0.3, -0.25) is 9.89 Å². The van der Waals surface area contributed by atoms with Crippen molar-refractivity contribution in [2.45, 2.75) is 44.6 Å². The Morgan fingerprint density at radius 3 is 2.79 bits per heavy atom. The third-order valence-corrected chi connectivity index (χ3v) is 6.10. The van der Waals surface area contributed by atoms with Gasteiger partial charge in [-0.15, -0.1) is 0 Å². The van der Waals surface area contributed by atoms with Crippen molar-refractivity contribution in [2.75, 3.05) is 26.8 Å². The molecule has 6 nitrogen and oxygen atoms in total. The number of hydrogen-bond donors (Lipinski definition) is 1. The van der Waals surface area contributed by atoms with Crippen molar-refractivity contribution >= 4 is 5.91 Å². The summed E-state index contributed by atoms with van der Waals surface area (Å²) in [5.74, 6) is 0.507. The van der Waals surface area contributed by atoms with E-state index in [1.54, 1.807) is 11.0 Å². The van der Waals surface area contributed by atoms with Crippen LogP contribution in [0.15, 0.2) is 54.6 Å². The van der Waals surface area contributed by atoms with E-state index in [1.165, 1.54) is 12.1 Å². The molecule has 0 aliphatic carbocycles. The molecule has 0 spiro atoms.